The van der Waals surface area contributed by atoms with Crippen LogP contribution >= 0.6 is 0 Å². The number of morpholine rings is 1. The molecule has 0 atom stereocenters. The molecular formula is C21H24N4O4. The summed E-state index contributed by atoms with van der Waals surface area (Å²) in [5, 5.41) is 2.82. The summed E-state index contributed by atoms with van der Waals surface area (Å²) in [5.41, 5.74) is 2.14. The molecule has 2 aromatic rings. The molecule has 2 aliphatic heterocycles. The number of amides is 2. The molecule has 0 aliphatic carbocycles. The Morgan fingerprint density at radius 2 is 1.90 bits per heavy atom. The molecule has 1 aromatic heterocycles. The van der Waals surface area contributed by atoms with Crippen molar-refractivity contribution >= 4 is 23.3 Å². The minimum atomic E-state index is -0.364. The van der Waals surface area contributed by atoms with Crippen LogP contribution in [-0.2, 0) is 17.7 Å². The number of ketones is 1. The van der Waals surface area contributed by atoms with Crippen LogP contribution in [0.2, 0.25) is 0 Å². The molecule has 0 radical (unpaired) electrons. The smallest absolute Gasteiger partial charge is 0.290 e. The summed E-state index contributed by atoms with van der Waals surface area (Å²) in [7, 11) is 0. The van der Waals surface area contributed by atoms with E-state index in [4.69, 9.17) is 4.74 Å². The lowest BCUT2D eigenvalue weighted by Crippen LogP contribution is -2.42. The standard InChI is InChI=1S/C21H24N4O4/c1-14(26)15-5-4-6-16(13-15)22-20(27)18-17-7-2-3-8-25(17)19(23-18)21(28)24-9-11-29-12-10-24/h4-6,13H,2-3,7-12H2,1H3,(H,22,27). The molecule has 2 amide bonds. The Kier molecular flexibility index (Phi) is 5.44. The molecule has 8 nitrogen and oxygen atoms in total. The highest BCUT2D eigenvalue weighted by molar-refractivity contribution is 6.05. The molecule has 1 aromatic carbocycles. The van der Waals surface area contributed by atoms with E-state index in [1.54, 1.807) is 29.2 Å². The fourth-order valence-electron chi connectivity index (χ4n) is 3.80. The van der Waals surface area contributed by atoms with Gasteiger partial charge in [0.05, 0.1) is 18.9 Å². The summed E-state index contributed by atoms with van der Waals surface area (Å²) in [6.07, 6.45) is 2.62. The van der Waals surface area contributed by atoms with Crippen LogP contribution < -0.4 is 5.32 Å². The van der Waals surface area contributed by atoms with Crippen molar-refractivity contribution in [2.75, 3.05) is 31.6 Å². The van der Waals surface area contributed by atoms with E-state index in [1.807, 2.05) is 4.57 Å². The van der Waals surface area contributed by atoms with E-state index in [0.29, 0.717) is 56.3 Å². The van der Waals surface area contributed by atoms with Gasteiger partial charge in [0, 0.05) is 30.9 Å². The predicted molar refractivity (Wildman–Crippen MR) is 106 cm³/mol. The highest BCUT2D eigenvalue weighted by atomic mass is 16.5. The zero-order valence-electron chi connectivity index (χ0n) is 16.4. The van der Waals surface area contributed by atoms with E-state index in [1.165, 1.54) is 6.92 Å². The van der Waals surface area contributed by atoms with Gasteiger partial charge in [-0.1, -0.05) is 12.1 Å². The second kappa shape index (κ2) is 8.16. The number of benzene rings is 1. The van der Waals surface area contributed by atoms with Crippen molar-refractivity contribution < 1.29 is 19.1 Å². The first-order valence-electron chi connectivity index (χ1n) is 9.93. The second-order valence-corrected chi connectivity index (χ2v) is 7.34. The number of hydrogen-bond acceptors (Lipinski definition) is 5. The van der Waals surface area contributed by atoms with Crippen molar-refractivity contribution in [3.8, 4) is 0 Å². The Morgan fingerprint density at radius 1 is 1.10 bits per heavy atom. The number of carbonyl (C=O) groups excluding carboxylic acids is 3. The van der Waals surface area contributed by atoms with Gasteiger partial charge in [-0.05, 0) is 38.3 Å². The molecule has 0 spiro atoms. The van der Waals surface area contributed by atoms with Gasteiger partial charge < -0.3 is 19.5 Å². The van der Waals surface area contributed by atoms with Crippen molar-refractivity contribution in [1.82, 2.24) is 14.5 Å². The topological polar surface area (TPSA) is 93.5 Å². The Hall–Kier alpha value is -3.00. The minimum Gasteiger partial charge on any atom is -0.378 e. The van der Waals surface area contributed by atoms with Crippen LogP contribution in [0.15, 0.2) is 24.3 Å². The first-order chi connectivity index (χ1) is 14.0. The quantitative estimate of drug-likeness (QED) is 0.800. The number of imidazole rings is 1. The molecule has 1 fully saturated rings. The van der Waals surface area contributed by atoms with E-state index in [9.17, 15) is 14.4 Å². The normalized spacial score (nSPS) is 16.2. The van der Waals surface area contributed by atoms with Crippen LogP contribution in [0, 0.1) is 0 Å². The van der Waals surface area contributed by atoms with Gasteiger partial charge >= 0.3 is 0 Å². The third-order valence-corrected chi connectivity index (χ3v) is 5.35. The maximum Gasteiger partial charge on any atom is 0.290 e. The molecule has 29 heavy (non-hydrogen) atoms. The number of carbonyl (C=O) groups is 3. The van der Waals surface area contributed by atoms with Crippen LogP contribution in [0.25, 0.3) is 0 Å². The Labute approximate surface area is 168 Å². The molecule has 3 heterocycles. The number of rotatable bonds is 4. The number of fused-ring (bicyclic) bond motifs is 1. The first-order valence-corrected chi connectivity index (χ1v) is 9.93. The third-order valence-electron chi connectivity index (χ3n) is 5.35. The molecule has 0 saturated carbocycles. The number of hydrogen-bond donors (Lipinski definition) is 1. The monoisotopic (exact) mass is 396 g/mol. The highest BCUT2D eigenvalue weighted by Gasteiger charge is 2.30. The Bertz CT molecular complexity index is 960. The van der Waals surface area contributed by atoms with E-state index in [0.717, 1.165) is 18.5 Å². The van der Waals surface area contributed by atoms with E-state index < -0.39 is 0 Å². The van der Waals surface area contributed by atoms with E-state index >= 15 is 0 Å². The molecule has 1 N–H and O–H groups in total. The maximum absolute atomic E-state index is 13.0. The molecule has 2 aliphatic rings. The van der Waals surface area contributed by atoms with E-state index in [-0.39, 0.29) is 23.3 Å². The zero-order valence-corrected chi connectivity index (χ0v) is 16.4. The Balaban J connectivity index is 1.62. The van der Waals surface area contributed by atoms with Crippen molar-refractivity contribution in [3.63, 3.8) is 0 Å². The van der Waals surface area contributed by atoms with Crippen LogP contribution in [0.1, 0.15) is 56.9 Å². The van der Waals surface area contributed by atoms with Gasteiger partial charge in [-0.25, -0.2) is 4.98 Å². The number of aromatic nitrogens is 2. The number of anilines is 1. The lowest BCUT2D eigenvalue weighted by atomic mass is 10.1. The summed E-state index contributed by atoms with van der Waals surface area (Å²) >= 11 is 0. The lowest BCUT2D eigenvalue weighted by molar-refractivity contribution is 0.0291. The van der Waals surface area contributed by atoms with Gasteiger partial charge in [0.15, 0.2) is 17.3 Å². The highest BCUT2D eigenvalue weighted by Crippen LogP contribution is 2.23. The average Bonchev–Trinajstić information content (AvgIpc) is 3.14. The molecule has 0 bridgehead atoms. The second-order valence-electron chi connectivity index (χ2n) is 7.34. The summed E-state index contributed by atoms with van der Waals surface area (Å²) in [5.74, 6) is -0.269. The van der Waals surface area contributed by atoms with Gasteiger partial charge in [0.25, 0.3) is 11.8 Å². The van der Waals surface area contributed by atoms with Crippen molar-refractivity contribution in [1.29, 1.82) is 0 Å². The molecule has 8 heteroatoms. The molecular weight excluding hydrogens is 372 g/mol. The maximum atomic E-state index is 13.0. The molecule has 4 rings (SSSR count). The van der Waals surface area contributed by atoms with Crippen LogP contribution in [-0.4, -0.2) is 58.4 Å². The van der Waals surface area contributed by atoms with Gasteiger partial charge in [-0.3, -0.25) is 14.4 Å². The lowest BCUT2D eigenvalue weighted by Gasteiger charge is -2.27. The van der Waals surface area contributed by atoms with Crippen LogP contribution in [0.5, 0.6) is 0 Å². The third kappa shape index (κ3) is 3.93. The SMILES string of the molecule is CC(=O)c1cccc(NC(=O)c2nc(C(=O)N3CCOCC3)n3c2CCCC3)c1. The molecule has 152 valence electrons. The first kappa shape index (κ1) is 19.3. The van der Waals surface area contributed by atoms with Gasteiger partial charge in [0.2, 0.25) is 0 Å². The van der Waals surface area contributed by atoms with Gasteiger partial charge in [0.1, 0.15) is 0 Å². The summed E-state index contributed by atoms with van der Waals surface area (Å²) in [6, 6.07) is 6.80. The zero-order chi connectivity index (χ0) is 20.4. The van der Waals surface area contributed by atoms with Crippen molar-refractivity contribution in [2.24, 2.45) is 0 Å². The Morgan fingerprint density at radius 3 is 2.66 bits per heavy atom. The predicted octanol–water partition coefficient (Wildman–Crippen LogP) is 2.15. The summed E-state index contributed by atoms with van der Waals surface area (Å²) < 4.78 is 7.22. The molecule has 1 saturated heterocycles. The van der Waals surface area contributed by atoms with Gasteiger partial charge in [-0.15, -0.1) is 0 Å². The summed E-state index contributed by atoms with van der Waals surface area (Å²) in [4.78, 5) is 43.8. The number of nitrogens with one attached hydrogen (secondary N) is 1. The number of Topliss-reactive ketones (excluding diaryl/α,β-unsaturated/α-hetero) is 1. The summed E-state index contributed by atoms with van der Waals surface area (Å²) in [6.45, 7) is 4.25. The fourth-order valence-corrected chi connectivity index (χ4v) is 3.80. The number of ether oxygens (including phenoxy) is 1. The van der Waals surface area contributed by atoms with Crippen LogP contribution in [0.3, 0.4) is 0 Å². The largest absolute Gasteiger partial charge is 0.378 e. The van der Waals surface area contributed by atoms with E-state index in [2.05, 4.69) is 10.3 Å². The number of nitrogens with zero attached hydrogens (tertiary/aromatic N) is 3. The van der Waals surface area contributed by atoms with Crippen LogP contribution in [0.4, 0.5) is 5.69 Å². The van der Waals surface area contributed by atoms with Crippen molar-refractivity contribution in [3.05, 3.63) is 47.0 Å². The minimum absolute atomic E-state index is 0.0705. The average molecular weight is 396 g/mol. The van der Waals surface area contributed by atoms with Crippen molar-refractivity contribution in [2.45, 2.75) is 32.7 Å². The fraction of sp³-hybridized carbons (Fsp3) is 0.429. The molecule has 0 unspecified atom stereocenters. The van der Waals surface area contributed by atoms with Gasteiger partial charge in [-0.2, -0.15) is 0 Å².